The first-order valence-corrected chi connectivity index (χ1v) is 13.0. The fourth-order valence-corrected chi connectivity index (χ4v) is 6.69. The number of nitrogens with zero attached hydrogens (tertiary/aromatic N) is 1. The molecule has 2 aliphatic carbocycles. The lowest BCUT2D eigenvalue weighted by molar-refractivity contribution is -0.181. The lowest BCUT2D eigenvalue weighted by Gasteiger charge is -2.61. The zero-order valence-electron chi connectivity index (χ0n) is 22.2. The smallest absolute Gasteiger partial charge is 0.348 e. The van der Waals surface area contributed by atoms with Crippen molar-refractivity contribution in [3.05, 3.63) is 35.1 Å². The molecule has 4 aliphatic rings. The third-order valence-electron chi connectivity index (χ3n) is 8.40. The minimum Gasteiger partial charge on any atom is -0.504 e. The lowest BCUT2D eigenvalue weighted by Crippen LogP contribution is -2.74. The number of hydrogen-bond acceptors (Lipinski definition) is 12. The Hall–Kier alpha value is -4.17. The first kappa shape index (κ1) is 28.4. The van der Waals surface area contributed by atoms with Gasteiger partial charge >= 0.3 is 29.8 Å². The number of likely N-dealkylation sites (tertiary alicyclic amines) is 1. The van der Waals surface area contributed by atoms with E-state index in [2.05, 4.69) is 4.90 Å². The Labute approximate surface area is 233 Å². The van der Waals surface area contributed by atoms with Crippen molar-refractivity contribution in [2.75, 3.05) is 13.6 Å². The second kappa shape index (κ2) is 10.0. The number of aliphatic carboxylic acids is 2. The van der Waals surface area contributed by atoms with Crippen LogP contribution in [0.1, 0.15) is 43.7 Å². The summed E-state index contributed by atoms with van der Waals surface area (Å²) in [6.45, 7) is 1.55. The largest absolute Gasteiger partial charge is 0.504 e. The number of aromatic hydroxyl groups is 1. The molecule has 1 aromatic rings. The van der Waals surface area contributed by atoms with Crippen LogP contribution in [0.15, 0.2) is 24.0 Å². The highest BCUT2D eigenvalue weighted by atomic mass is 16.6. The first-order chi connectivity index (χ1) is 19.3. The molecule has 6 atom stereocenters. The average Bonchev–Trinajstić information content (AvgIpc) is 3.24. The van der Waals surface area contributed by atoms with E-state index in [9.17, 15) is 34.2 Å². The standard InChI is InChI=1S/C27H29NO13/c1-12(29)38-17(25(36)40-16(24(34)35)10-19(31)32)11-20(33)39-15-5-6-27(37)18-9-13-3-4-14(30)22-21(13)26(27,23(15)41-22)7-8-28(18)2/h3-5,16-18,23,30,37H,6-11H2,1-2H3,(H,31,32)(H,34,35)/t16-,17+,18+,23+,26+,27-/m1/s1. The molecule has 5 rings (SSSR count). The maximum atomic E-state index is 13.1. The first-order valence-electron chi connectivity index (χ1n) is 13.0. The Morgan fingerprint density at radius 3 is 2.51 bits per heavy atom. The van der Waals surface area contributed by atoms with Crippen LogP contribution >= 0.6 is 0 Å². The number of phenolic OH excluding ortho intramolecular Hbond substituents is 1. The molecule has 0 amide bonds. The van der Waals surface area contributed by atoms with Crippen LogP contribution in [-0.4, -0.2) is 98.7 Å². The molecule has 0 aromatic heterocycles. The number of ether oxygens (including phenoxy) is 4. The van der Waals surface area contributed by atoms with Gasteiger partial charge in [0.2, 0.25) is 12.2 Å². The number of aliphatic hydroxyl groups is 1. The molecular formula is C27H29NO13. The van der Waals surface area contributed by atoms with E-state index in [-0.39, 0.29) is 29.7 Å². The number of phenols is 1. The molecule has 1 spiro atoms. The lowest BCUT2D eigenvalue weighted by atomic mass is 9.50. The third-order valence-corrected chi connectivity index (χ3v) is 8.40. The SMILES string of the molecule is CC(=O)O[C@@H](CC(=O)OC1=CC[C@@]2(O)[C@@H]3Cc4ccc(O)c5c4[C@@]2(CCN3C)[C@H]1O5)C(=O)O[C@H](CC(=O)O)C(=O)O. The molecule has 1 saturated heterocycles. The summed E-state index contributed by atoms with van der Waals surface area (Å²) in [5.41, 5.74) is -0.751. The van der Waals surface area contributed by atoms with Gasteiger partial charge in [0.1, 0.15) is 5.76 Å². The van der Waals surface area contributed by atoms with Gasteiger partial charge in [-0.05, 0) is 44.1 Å². The number of carbonyl (C=O) groups excluding carboxylic acids is 3. The zero-order valence-corrected chi connectivity index (χ0v) is 22.2. The highest BCUT2D eigenvalue weighted by Crippen LogP contribution is 2.65. The van der Waals surface area contributed by atoms with Crippen LogP contribution in [0.25, 0.3) is 0 Å². The van der Waals surface area contributed by atoms with Gasteiger partial charge in [-0.1, -0.05) is 6.07 Å². The van der Waals surface area contributed by atoms with Crippen molar-refractivity contribution in [2.45, 2.75) is 74.4 Å². The molecule has 0 unspecified atom stereocenters. The number of carboxylic acid groups (broad SMARTS) is 2. The number of piperidine rings is 1. The molecule has 1 fully saturated rings. The van der Waals surface area contributed by atoms with Crippen molar-refractivity contribution < 1.29 is 63.3 Å². The number of benzene rings is 1. The minimum absolute atomic E-state index is 0.0376. The molecule has 0 saturated carbocycles. The third kappa shape index (κ3) is 4.47. The van der Waals surface area contributed by atoms with Gasteiger partial charge in [-0.15, -0.1) is 0 Å². The second-order valence-corrected chi connectivity index (χ2v) is 10.7. The summed E-state index contributed by atoms with van der Waals surface area (Å²) in [6.07, 6.45) is -4.34. The molecule has 2 heterocycles. The van der Waals surface area contributed by atoms with Crippen LogP contribution in [-0.2, 0) is 50.0 Å². The number of carboxylic acids is 2. The van der Waals surface area contributed by atoms with Gasteiger partial charge in [-0.3, -0.25) is 14.4 Å². The fourth-order valence-electron chi connectivity index (χ4n) is 6.69. The van der Waals surface area contributed by atoms with Crippen molar-refractivity contribution in [1.82, 2.24) is 4.90 Å². The van der Waals surface area contributed by atoms with E-state index >= 15 is 0 Å². The van der Waals surface area contributed by atoms with Crippen molar-refractivity contribution in [1.29, 1.82) is 0 Å². The minimum atomic E-state index is -2.08. The van der Waals surface area contributed by atoms with Gasteiger partial charge in [-0.25, -0.2) is 9.59 Å². The quantitative estimate of drug-likeness (QED) is 0.226. The molecule has 2 aliphatic heterocycles. The van der Waals surface area contributed by atoms with Gasteiger partial charge in [0.05, 0.1) is 23.9 Å². The molecule has 41 heavy (non-hydrogen) atoms. The van der Waals surface area contributed by atoms with E-state index in [1.54, 1.807) is 6.07 Å². The topological polar surface area (TPSA) is 206 Å². The normalized spacial score (nSPS) is 28.7. The number of carbonyl (C=O) groups is 5. The van der Waals surface area contributed by atoms with E-state index in [4.69, 9.17) is 29.2 Å². The van der Waals surface area contributed by atoms with Gasteiger partial charge in [0, 0.05) is 24.9 Å². The molecular weight excluding hydrogens is 546 g/mol. The van der Waals surface area contributed by atoms with Crippen LogP contribution in [0.4, 0.5) is 0 Å². The molecule has 14 heteroatoms. The van der Waals surface area contributed by atoms with Crippen LogP contribution in [0, 0.1) is 0 Å². The van der Waals surface area contributed by atoms with Gasteiger partial charge in [-0.2, -0.15) is 0 Å². The number of likely N-dealkylation sites (N-methyl/N-ethyl adjacent to an activating group) is 1. The Bertz CT molecular complexity index is 1370. The highest BCUT2D eigenvalue weighted by molar-refractivity contribution is 5.87. The zero-order chi connectivity index (χ0) is 29.9. The fraction of sp³-hybridized carbons (Fsp3) is 0.519. The number of esters is 3. The summed E-state index contributed by atoms with van der Waals surface area (Å²) in [5.74, 6) is -6.66. The van der Waals surface area contributed by atoms with E-state index < -0.39 is 72.0 Å². The van der Waals surface area contributed by atoms with E-state index in [1.807, 2.05) is 7.05 Å². The van der Waals surface area contributed by atoms with Crippen LogP contribution < -0.4 is 4.74 Å². The van der Waals surface area contributed by atoms with Gasteiger partial charge in [0.25, 0.3) is 0 Å². The van der Waals surface area contributed by atoms with Gasteiger partial charge in [0.15, 0.2) is 17.6 Å². The summed E-state index contributed by atoms with van der Waals surface area (Å²) in [4.78, 5) is 61.6. The highest BCUT2D eigenvalue weighted by Gasteiger charge is 2.72. The van der Waals surface area contributed by atoms with Crippen molar-refractivity contribution >= 4 is 29.8 Å². The predicted octanol–water partition coefficient (Wildman–Crippen LogP) is 0.00600. The van der Waals surface area contributed by atoms with Crippen molar-refractivity contribution in [2.24, 2.45) is 0 Å². The molecule has 14 nitrogen and oxygen atoms in total. The Kier molecular flexibility index (Phi) is 6.94. The Morgan fingerprint density at radius 1 is 1.12 bits per heavy atom. The molecule has 4 N–H and O–H groups in total. The van der Waals surface area contributed by atoms with Crippen molar-refractivity contribution in [3.63, 3.8) is 0 Å². The average molecular weight is 576 g/mol. The Balaban J connectivity index is 1.40. The number of hydrogen-bond donors (Lipinski definition) is 4. The van der Waals surface area contributed by atoms with Gasteiger partial charge < -0.3 is 44.3 Å². The van der Waals surface area contributed by atoms with Crippen LogP contribution in [0.3, 0.4) is 0 Å². The second-order valence-electron chi connectivity index (χ2n) is 10.7. The maximum absolute atomic E-state index is 13.1. The number of rotatable bonds is 9. The summed E-state index contributed by atoms with van der Waals surface area (Å²) in [7, 11) is 1.92. The van der Waals surface area contributed by atoms with E-state index in [0.29, 0.717) is 24.9 Å². The summed E-state index contributed by atoms with van der Waals surface area (Å²) < 4.78 is 21.4. The Morgan fingerprint density at radius 2 is 1.85 bits per heavy atom. The molecule has 220 valence electrons. The summed E-state index contributed by atoms with van der Waals surface area (Å²) in [6, 6.07) is 3.04. The maximum Gasteiger partial charge on any atom is 0.348 e. The van der Waals surface area contributed by atoms with E-state index in [1.165, 1.54) is 12.1 Å². The molecule has 2 bridgehead atoms. The van der Waals surface area contributed by atoms with Crippen LogP contribution in [0.5, 0.6) is 11.5 Å². The molecule has 0 radical (unpaired) electrons. The predicted molar refractivity (Wildman–Crippen MR) is 133 cm³/mol. The summed E-state index contributed by atoms with van der Waals surface area (Å²) >= 11 is 0. The monoisotopic (exact) mass is 575 g/mol. The van der Waals surface area contributed by atoms with Crippen molar-refractivity contribution in [3.8, 4) is 11.5 Å². The molecule has 1 aromatic carbocycles. The summed E-state index contributed by atoms with van der Waals surface area (Å²) in [5, 5.41) is 40.8. The van der Waals surface area contributed by atoms with E-state index in [0.717, 1.165) is 12.5 Å². The van der Waals surface area contributed by atoms with Crippen LogP contribution in [0.2, 0.25) is 0 Å².